The zero-order valence-corrected chi connectivity index (χ0v) is 10.0. The van der Waals surface area contributed by atoms with Crippen molar-refractivity contribution in [1.82, 2.24) is 0 Å². The van der Waals surface area contributed by atoms with Crippen molar-refractivity contribution >= 4 is 11.7 Å². The van der Waals surface area contributed by atoms with Crippen LogP contribution in [0.15, 0.2) is 31.0 Å². The van der Waals surface area contributed by atoms with Gasteiger partial charge in [-0.05, 0) is 18.2 Å². The molecule has 0 amide bonds. The molecule has 18 heavy (non-hydrogen) atoms. The quantitative estimate of drug-likeness (QED) is 0.418. The molecule has 2 N–H and O–H groups in total. The Balaban J connectivity index is 2.81. The third-order valence-electron chi connectivity index (χ3n) is 2.02. The van der Waals surface area contributed by atoms with E-state index in [0.29, 0.717) is 5.69 Å². The first-order chi connectivity index (χ1) is 8.69. The minimum atomic E-state index is -1.07. The van der Waals surface area contributed by atoms with E-state index in [1.165, 1.54) is 19.4 Å². The van der Waals surface area contributed by atoms with Crippen LogP contribution in [0.25, 0.3) is 0 Å². The first-order valence-electron chi connectivity index (χ1n) is 5.14. The molecular weight excluding hydrogens is 238 g/mol. The van der Waals surface area contributed by atoms with Gasteiger partial charge in [-0.3, -0.25) is 0 Å². The average molecular weight is 253 g/mol. The third-order valence-corrected chi connectivity index (χ3v) is 2.02. The van der Waals surface area contributed by atoms with E-state index in [1.54, 1.807) is 12.1 Å². The lowest BCUT2D eigenvalue weighted by Crippen LogP contribution is -2.08. The number of methoxy groups -OCH3 is 1. The maximum absolute atomic E-state index is 11.1. The number of aromatic carboxylic acids is 1. The lowest BCUT2D eigenvalue weighted by molar-refractivity contribution is 0.0484. The molecule has 0 aliphatic carbocycles. The predicted octanol–water partition coefficient (Wildman–Crippen LogP) is 1.90. The summed E-state index contributed by atoms with van der Waals surface area (Å²) in [7, 11) is 1.46. The van der Waals surface area contributed by atoms with Gasteiger partial charge in [-0.1, -0.05) is 6.58 Å². The summed E-state index contributed by atoms with van der Waals surface area (Å²) in [5.41, 5.74) is 0.662. The van der Waals surface area contributed by atoms with Crippen LogP contribution in [0.1, 0.15) is 10.4 Å². The van der Waals surface area contributed by atoms with E-state index in [-0.39, 0.29) is 24.8 Å². The number of anilines is 1. The van der Waals surface area contributed by atoms with Gasteiger partial charge in [0.1, 0.15) is 11.3 Å². The number of carbonyl (C=O) groups is 1. The molecule has 6 heteroatoms. The van der Waals surface area contributed by atoms with Crippen LogP contribution in [0.5, 0.6) is 5.75 Å². The van der Waals surface area contributed by atoms with Crippen LogP contribution in [-0.4, -0.2) is 31.7 Å². The Morgan fingerprint density at radius 2 is 2.33 bits per heavy atom. The summed E-state index contributed by atoms with van der Waals surface area (Å²) in [6.45, 7) is 3.60. The molecule has 0 saturated carbocycles. The Hall–Kier alpha value is -2.21. The zero-order chi connectivity index (χ0) is 13.4. The lowest BCUT2D eigenvalue weighted by Gasteiger charge is -2.11. The second-order valence-corrected chi connectivity index (χ2v) is 3.22. The highest BCUT2D eigenvalue weighted by Crippen LogP contribution is 2.23. The summed E-state index contributed by atoms with van der Waals surface area (Å²) in [6.07, 6.45) is 1.29. The summed E-state index contributed by atoms with van der Waals surface area (Å²) in [5, 5.41) is 11.9. The highest BCUT2D eigenvalue weighted by Gasteiger charge is 2.12. The number of carboxylic acids is 1. The first-order valence-corrected chi connectivity index (χ1v) is 5.14. The van der Waals surface area contributed by atoms with Gasteiger partial charge in [-0.2, -0.15) is 0 Å². The van der Waals surface area contributed by atoms with Crippen molar-refractivity contribution in [2.24, 2.45) is 0 Å². The molecule has 1 rings (SSSR count). The number of hydrogen-bond donors (Lipinski definition) is 2. The number of rotatable bonds is 8. The van der Waals surface area contributed by atoms with Crippen molar-refractivity contribution in [1.29, 1.82) is 0 Å². The van der Waals surface area contributed by atoms with Gasteiger partial charge in [0.15, 0.2) is 13.5 Å². The fraction of sp³-hybridized carbons (Fsp3) is 0.250. The van der Waals surface area contributed by atoms with Gasteiger partial charge < -0.3 is 24.6 Å². The molecule has 0 fully saturated rings. The molecule has 0 saturated heterocycles. The van der Waals surface area contributed by atoms with E-state index in [1.807, 2.05) is 0 Å². The Morgan fingerprint density at radius 1 is 1.56 bits per heavy atom. The second-order valence-electron chi connectivity index (χ2n) is 3.22. The third kappa shape index (κ3) is 3.99. The van der Waals surface area contributed by atoms with Crippen LogP contribution < -0.4 is 10.1 Å². The average Bonchev–Trinajstić information content (AvgIpc) is 2.37. The highest BCUT2D eigenvalue weighted by molar-refractivity contribution is 5.92. The zero-order valence-electron chi connectivity index (χ0n) is 10.0. The van der Waals surface area contributed by atoms with Crippen molar-refractivity contribution in [3.63, 3.8) is 0 Å². The maximum atomic E-state index is 11.1. The van der Waals surface area contributed by atoms with Gasteiger partial charge >= 0.3 is 5.97 Å². The SMILES string of the molecule is C=COCNc1ccc(OCOC)c(C(=O)O)c1. The minimum absolute atomic E-state index is 0.00731. The van der Waals surface area contributed by atoms with Gasteiger partial charge in [0.05, 0.1) is 6.26 Å². The lowest BCUT2D eigenvalue weighted by atomic mass is 10.2. The molecule has 1 aromatic rings. The number of ether oxygens (including phenoxy) is 3. The van der Waals surface area contributed by atoms with E-state index in [9.17, 15) is 4.79 Å². The van der Waals surface area contributed by atoms with E-state index in [2.05, 4.69) is 11.9 Å². The molecule has 0 bridgehead atoms. The number of hydrogen-bond acceptors (Lipinski definition) is 5. The fourth-order valence-corrected chi connectivity index (χ4v) is 1.24. The summed E-state index contributed by atoms with van der Waals surface area (Å²) in [5.74, 6) is -0.825. The topological polar surface area (TPSA) is 77.0 Å². The molecule has 0 aliphatic heterocycles. The van der Waals surface area contributed by atoms with Gasteiger partial charge in [-0.25, -0.2) is 4.79 Å². The molecule has 0 radical (unpaired) electrons. The monoisotopic (exact) mass is 253 g/mol. The fourth-order valence-electron chi connectivity index (χ4n) is 1.24. The summed E-state index contributed by atoms with van der Waals surface area (Å²) >= 11 is 0. The molecule has 0 heterocycles. The van der Waals surface area contributed by atoms with Gasteiger partial charge in [-0.15, -0.1) is 0 Å². The Labute approximate surface area is 105 Å². The van der Waals surface area contributed by atoms with Crippen molar-refractivity contribution in [3.05, 3.63) is 36.6 Å². The molecule has 0 atom stereocenters. The molecule has 1 aromatic carbocycles. The maximum Gasteiger partial charge on any atom is 0.339 e. The molecule has 0 spiro atoms. The van der Waals surface area contributed by atoms with Crippen molar-refractivity contribution in [2.45, 2.75) is 0 Å². The Morgan fingerprint density at radius 3 is 2.94 bits per heavy atom. The highest BCUT2D eigenvalue weighted by atomic mass is 16.7. The summed E-state index contributed by atoms with van der Waals surface area (Å²) in [6, 6.07) is 4.70. The number of carboxylic acid groups (broad SMARTS) is 1. The molecule has 6 nitrogen and oxygen atoms in total. The summed E-state index contributed by atoms with van der Waals surface area (Å²) in [4.78, 5) is 11.1. The predicted molar refractivity (Wildman–Crippen MR) is 65.7 cm³/mol. The number of benzene rings is 1. The normalized spacial score (nSPS) is 9.61. The van der Waals surface area contributed by atoms with Crippen LogP contribution >= 0.6 is 0 Å². The molecular formula is C12H15NO5. The molecule has 0 unspecified atom stereocenters. The molecule has 0 aliphatic rings. The van der Waals surface area contributed by atoms with Crippen LogP contribution in [-0.2, 0) is 9.47 Å². The molecule has 98 valence electrons. The Bertz CT molecular complexity index is 419. The van der Waals surface area contributed by atoms with Gasteiger partial charge in [0.2, 0.25) is 0 Å². The van der Waals surface area contributed by atoms with E-state index in [0.717, 1.165) is 0 Å². The summed E-state index contributed by atoms with van der Waals surface area (Å²) < 4.78 is 14.8. The first kappa shape index (κ1) is 13.9. The largest absolute Gasteiger partial charge is 0.482 e. The van der Waals surface area contributed by atoms with E-state index >= 15 is 0 Å². The standard InChI is InChI=1S/C12H15NO5/c1-3-17-7-13-9-4-5-11(18-8-16-2)10(6-9)12(14)15/h3-6,13H,1,7-8H2,2H3,(H,14,15). The number of nitrogens with one attached hydrogen (secondary N) is 1. The van der Waals surface area contributed by atoms with Crippen LogP contribution in [0.3, 0.4) is 0 Å². The van der Waals surface area contributed by atoms with E-state index in [4.69, 9.17) is 19.3 Å². The smallest absolute Gasteiger partial charge is 0.339 e. The minimum Gasteiger partial charge on any atom is -0.482 e. The molecule has 0 aromatic heterocycles. The second kappa shape index (κ2) is 7.18. The van der Waals surface area contributed by atoms with Crippen LogP contribution in [0.2, 0.25) is 0 Å². The van der Waals surface area contributed by atoms with Crippen LogP contribution in [0, 0.1) is 0 Å². The Kier molecular flexibility index (Phi) is 5.53. The van der Waals surface area contributed by atoms with Crippen LogP contribution in [0.4, 0.5) is 5.69 Å². The van der Waals surface area contributed by atoms with Crippen molar-refractivity contribution in [2.75, 3.05) is 26.0 Å². The van der Waals surface area contributed by atoms with Gasteiger partial charge in [0.25, 0.3) is 0 Å². The van der Waals surface area contributed by atoms with Crippen molar-refractivity contribution < 1.29 is 24.1 Å². The van der Waals surface area contributed by atoms with E-state index < -0.39 is 5.97 Å². The van der Waals surface area contributed by atoms with Gasteiger partial charge in [0, 0.05) is 12.8 Å². The van der Waals surface area contributed by atoms with Crippen molar-refractivity contribution in [3.8, 4) is 5.75 Å².